The first-order valence-corrected chi connectivity index (χ1v) is 9.60. The highest BCUT2D eigenvalue weighted by Crippen LogP contribution is 2.31. The molecule has 31 heavy (non-hydrogen) atoms. The van der Waals surface area contributed by atoms with Crippen molar-refractivity contribution in [2.75, 3.05) is 0 Å². The van der Waals surface area contributed by atoms with Crippen molar-refractivity contribution in [1.29, 1.82) is 5.26 Å². The van der Waals surface area contributed by atoms with E-state index >= 15 is 0 Å². The van der Waals surface area contributed by atoms with Gasteiger partial charge in [-0.2, -0.15) is 15.0 Å². The molecule has 4 aromatic rings. The summed E-state index contributed by atoms with van der Waals surface area (Å²) in [6.07, 6.45) is 5.73. The number of furan rings is 1. The molecule has 3 heterocycles. The Morgan fingerprint density at radius 1 is 1.23 bits per heavy atom. The zero-order valence-electron chi connectivity index (χ0n) is 17.3. The van der Waals surface area contributed by atoms with Gasteiger partial charge in [-0.3, -0.25) is 4.98 Å². The minimum atomic E-state index is -0.594. The van der Waals surface area contributed by atoms with E-state index in [9.17, 15) is 10.1 Å². The second kappa shape index (κ2) is 7.95. The molecular weight excluding hydrogens is 396 g/mol. The van der Waals surface area contributed by atoms with Gasteiger partial charge in [-0.15, -0.1) is 0 Å². The van der Waals surface area contributed by atoms with E-state index in [1.807, 2.05) is 18.2 Å². The standard InChI is InChI=1S/C23H20N4O4/c1-23(2,3)31-22(28)27-13-15(11-26-27)14-29-18-4-5-20-16(8-18)9-21(30-20)19-6-7-25-12-17(19)10-24/h4-9,11-13H,14H2,1-3H3. The molecule has 8 heteroatoms. The third kappa shape index (κ3) is 4.56. The van der Waals surface area contributed by atoms with E-state index in [2.05, 4.69) is 16.2 Å². The van der Waals surface area contributed by atoms with Crippen LogP contribution in [0.3, 0.4) is 0 Å². The van der Waals surface area contributed by atoms with Crippen LogP contribution in [0.4, 0.5) is 4.79 Å². The van der Waals surface area contributed by atoms with Gasteiger partial charge in [0.15, 0.2) is 0 Å². The highest BCUT2D eigenvalue weighted by atomic mass is 16.6. The molecule has 0 unspecified atom stereocenters. The molecule has 0 atom stereocenters. The molecular formula is C23H20N4O4. The second-order valence-corrected chi connectivity index (χ2v) is 7.91. The number of fused-ring (bicyclic) bond motifs is 1. The van der Waals surface area contributed by atoms with Gasteiger partial charge in [0.1, 0.15) is 35.4 Å². The van der Waals surface area contributed by atoms with Crippen molar-refractivity contribution in [1.82, 2.24) is 14.8 Å². The van der Waals surface area contributed by atoms with Crippen molar-refractivity contribution in [3.8, 4) is 23.1 Å². The van der Waals surface area contributed by atoms with Gasteiger partial charge in [0, 0.05) is 35.1 Å². The molecule has 3 aromatic heterocycles. The van der Waals surface area contributed by atoms with Crippen LogP contribution in [-0.4, -0.2) is 26.5 Å². The fraction of sp³-hybridized carbons (Fsp3) is 0.217. The Hall–Kier alpha value is -4.12. The average molecular weight is 416 g/mol. The lowest BCUT2D eigenvalue weighted by molar-refractivity contribution is 0.0514. The van der Waals surface area contributed by atoms with Crippen molar-refractivity contribution in [2.45, 2.75) is 33.0 Å². The molecule has 0 spiro atoms. The van der Waals surface area contributed by atoms with Gasteiger partial charge in [0.05, 0.1) is 11.8 Å². The normalized spacial score (nSPS) is 11.3. The van der Waals surface area contributed by atoms with E-state index in [-0.39, 0.29) is 6.61 Å². The number of aromatic nitrogens is 3. The van der Waals surface area contributed by atoms with Gasteiger partial charge in [0.25, 0.3) is 0 Å². The van der Waals surface area contributed by atoms with Gasteiger partial charge in [-0.05, 0) is 51.1 Å². The number of carbonyl (C=O) groups excluding carboxylic acids is 1. The summed E-state index contributed by atoms with van der Waals surface area (Å²) >= 11 is 0. The molecule has 0 amide bonds. The summed E-state index contributed by atoms with van der Waals surface area (Å²) in [7, 11) is 0. The Labute approximate surface area is 178 Å². The lowest BCUT2D eigenvalue weighted by atomic mass is 10.1. The van der Waals surface area contributed by atoms with Gasteiger partial charge in [-0.25, -0.2) is 4.79 Å². The van der Waals surface area contributed by atoms with Crippen molar-refractivity contribution in [3.63, 3.8) is 0 Å². The number of ether oxygens (including phenoxy) is 2. The molecule has 0 bridgehead atoms. The van der Waals surface area contributed by atoms with Crippen molar-refractivity contribution >= 4 is 17.1 Å². The quantitative estimate of drug-likeness (QED) is 0.465. The maximum atomic E-state index is 12.1. The summed E-state index contributed by atoms with van der Waals surface area (Å²) in [6, 6.07) is 11.2. The first-order chi connectivity index (χ1) is 14.8. The fourth-order valence-corrected chi connectivity index (χ4v) is 2.95. The Bertz CT molecular complexity index is 1290. The first kappa shape index (κ1) is 20.2. The molecule has 0 aliphatic carbocycles. The SMILES string of the molecule is CC(C)(C)OC(=O)n1cc(COc2ccc3oc(-c4ccncc4C#N)cc3c2)cn1. The molecule has 8 nitrogen and oxygen atoms in total. The summed E-state index contributed by atoms with van der Waals surface area (Å²) in [6.45, 7) is 5.63. The number of carbonyl (C=O) groups is 1. The summed E-state index contributed by atoms with van der Waals surface area (Å²) in [4.78, 5) is 16.0. The zero-order valence-corrected chi connectivity index (χ0v) is 17.3. The third-order valence-electron chi connectivity index (χ3n) is 4.32. The number of nitriles is 1. The maximum Gasteiger partial charge on any atom is 0.435 e. The Balaban J connectivity index is 1.48. The van der Waals surface area contributed by atoms with Gasteiger partial charge in [0.2, 0.25) is 0 Å². The summed E-state index contributed by atoms with van der Waals surface area (Å²) < 4.78 is 18.2. The van der Waals surface area contributed by atoms with Crippen LogP contribution in [0.25, 0.3) is 22.3 Å². The Kier molecular flexibility index (Phi) is 5.17. The fourth-order valence-electron chi connectivity index (χ4n) is 2.95. The largest absolute Gasteiger partial charge is 0.489 e. The highest BCUT2D eigenvalue weighted by Gasteiger charge is 2.18. The van der Waals surface area contributed by atoms with Crippen LogP contribution < -0.4 is 4.74 Å². The lowest BCUT2D eigenvalue weighted by Crippen LogP contribution is -2.27. The van der Waals surface area contributed by atoms with E-state index < -0.39 is 11.7 Å². The van der Waals surface area contributed by atoms with Crippen LogP contribution in [0, 0.1) is 11.3 Å². The van der Waals surface area contributed by atoms with Crippen LogP contribution in [0.2, 0.25) is 0 Å². The second-order valence-electron chi connectivity index (χ2n) is 7.91. The predicted molar refractivity (Wildman–Crippen MR) is 112 cm³/mol. The van der Waals surface area contributed by atoms with E-state index in [1.165, 1.54) is 6.20 Å². The molecule has 0 aliphatic heterocycles. The predicted octanol–water partition coefficient (Wildman–Crippen LogP) is 4.93. The maximum absolute atomic E-state index is 12.1. The topological polar surface area (TPSA) is 103 Å². The minimum Gasteiger partial charge on any atom is -0.489 e. The van der Waals surface area contributed by atoms with E-state index in [4.69, 9.17) is 13.9 Å². The molecule has 0 saturated carbocycles. The number of rotatable bonds is 4. The number of hydrogen-bond donors (Lipinski definition) is 0. The highest BCUT2D eigenvalue weighted by molar-refractivity contribution is 5.85. The van der Waals surface area contributed by atoms with Gasteiger partial charge in [-0.1, -0.05) is 0 Å². The van der Waals surface area contributed by atoms with Crippen molar-refractivity contribution < 1.29 is 18.7 Å². The third-order valence-corrected chi connectivity index (χ3v) is 4.32. The number of pyridine rings is 1. The van der Waals surface area contributed by atoms with Crippen LogP contribution >= 0.6 is 0 Å². The average Bonchev–Trinajstić information content (AvgIpc) is 3.37. The lowest BCUT2D eigenvalue weighted by Gasteiger charge is -2.18. The molecule has 0 radical (unpaired) electrons. The minimum absolute atomic E-state index is 0.238. The van der Waals surface area contributed by atoms with Gasteiger partial charge < -0.3 is 13.9 Å². The van der Waals surface area contributed by atoms with E-state index in [1.54, 1.807) is 51.5 Å². The molecule has 0 fully saturated rings. The summed E-state index contributed by atoms with van der Waals surface area (Å²) in [5.41, 5.74) is 1.95. The van der Waals surface area contributed by atoms with Crippen LogP contribution in [0.5, 0.6) is 5.75 Å². The molecule has 0 aliphatic rings. The molecule has 0 saturated heterocycles. The van der Waals surface area contributed by atoms with Gasteiger partial charge >= 0.3 is 6.09 Å². The Morgan fingerprint density at radius 2 is 2.06 bits per heavy atom. The molecule has 0 N–H and O–H groups in total. The summed E-state index contributed by atoms with van der Waals surface area (Å²) in [5.74, 6) is 1.23. The number of benzene rings is 1. The number of hydrogen-bond acceptors (Lipinski definition) is 7. The van der Waals surface area contributed by atoms with Crippen LogP contribution in [0.15, 0.2) is 59.5 Å². The van der Waals surface area contributed by atoms with Crippen molar-refractivity contribution in [2.24, 2.45) is 0 Å². The Morgan fingerprint density at radius 3 is 2.84 bits per heavy atom. The number of nitrogens with zero attached hydrogens (tertiary/aromatic N) is 4. The first-order valence-electron chi connectivity index (χ1n) is 9.60. The monoisotopic (exact) mass is 416 g/mol. The zero-order chi connectivity index (χ0) is 22.0. The van der Waals surface area contributed by atoms with E-state index in [0.717, 1.165) is 15.6 Å². The van der Waals surface area contributed by atoms with E-state index in [0.29, 0.717) is 28.2 Å². The van der Waals surface area contributed by atoms with Crippen LogP contribution in [-0.2, 0) is 11.3 Å². The molecule has 4 rings (SSSR count). The summed E-state index contributed by atoms with van der Waals surface area (Å²) in [5, 5.41) is 14.2. The molecule has 1 aromatic carbocycles. The smallest absolute Gasteiger partial charge is 0.435 e. The van der Waals surface area contributed by atoms with Crippen LogP contribution in [0.1, 0.15) is 31.9 Å². The molecule has 156 valence electrons. The van der Waals surface area contributed by atoms with Crippen molar-refractivity contribution in [3.05, 3.63) is 66.2 Å².